The van der Waals surface area contributed by atoms with Crippen molar-refractivity contribution in [3.63, 3.8) is 0 Å². The van der Waals surface area contributed by atoms with E-state index in [1.807, 2.05) is 18.2 Å². The number of piperazine rings is 1. The number of carbonyl (C=O) groups excluding carboxylic acids is 2. The number of anilines is 1. The first-order valence-electron chi connectivity index (χ1n) is 7.49. The van der Waals surface area contributed by atoms with Crippen LogP contribution in [-0.4, -0.2) is 61.9 Å². The van der Waals surface area contributed by atoms with Crippen LogP contribution in [0.25, 0.3) is 0 Å². The number of carbonyl (C=O) groups is 2. The van der Waals surface area contributed by atoms with Crippen molar-refractivity contribution in [1.82, 2.24) is 9.21 Å². The zero-order valence-corrected chi connectivity index (χ0v) is 13.7. The molecule has 1 fully saturated rings. The molecule has 2 amide bonds. The maximum atomic E-state index is 12.8. The molecule has 2 aliphatic rings. The van der Waals surface area contributed by atoms with E-state index in [-0.39, 0.29) is 18.2 Å². The molecular weight excluding hydrogens is 318 g/mol. The van der Waals surface area contributed by atoms with Gasteiger partial charge >= 0.3 is 0 Å². The first-order chi connectivity index (χ1) is 10.9. The van der Waals surface area contributed by atoms with Crippen LogP contribution in [0, 0.1) is 0 Å². The van der Waals surface area contributed by atoms with Crippen LogP contribution in [0.5, 0.6) is 0 Å². The number of para-hydroxylation sites is 1. The predicted molar refractivity (Wildman–Crippen MR) is 85.4 cm³/mol. The topological polar surface area (TPSA) is 86.8 Å². The Morgan fingerprint density at radius 1 is 1.17 bits per heavy atom. The molecular formula is C15H19N3O4S. The Kier molecular flexibility index (Phi) is 4.11. The van der Waals surface area contributed by atoms with E-state index in [4.69, 9.17) is 0 Å². The molecule has 1 atom stereocenters. The van der Waals surface area contributed by atoms with Crippen molar-refractivity contribution in [3.05, 3.63) is 29.8 Å². The molecule has 0 aliphatic carbocycles. The zero-order chi connectivity index (χ0) is 16.6. The Morgan fingerprint density at radius 2 is 1.83 bits per heavy atom. The quantitative estimate of drug-likeness (QED) is 0.836. The molecule has 0 unspecified atom stereocenters. The third kappa shape index (κ3) is 3.23. The number of sulfonamides is 1. The molecule has 2 heterocycles. The minimum atomic E-state index is -3.23. The van der Waals surface area contributed by atoms with Gasteiger partial charge in [0.05, 0.1) is 12.2 Å². The summed E-state index contributed by atoms with van der Waals surface area (Å²) < 4.78 is 24.5. The summed E-state index contributed by atoms with van der Waals surface area (Å²) in [5.74, 6) is -0.776. The van der Waals surface area contributed by atoms with Crippen molar-refractivity contribution in [2.75, 3.05) is 37.8 Å². The summed E-state index contributed by atoms with van der Waals surface area (Å²) in [6.07, 6.45) is 1.30. The van der Waals surface area contributed by atoms with Crippen molar-refractivity contribution in [3.8, 4) is 0 Å². The Morgan fingerprint density at radius 3 is 2.48 bits per heavy atom. The molecule has 0 radical (unpaired) electrons. The highest BCUT2D eigenvalue weighted by atomic mass is 32.2. The number of nitrogens with one attached hydrogen (secondary N) is 1. The number of rotatable bonds is 2. The van der Waals surface area contributed by atoms with E-state index in [2.05, 4.69) is 5.32 Å². The van der Waals surface area contributed by atoms with Crippen LogP contribution in [0.4, 0.5) is 5.69 Å². The van der Waals surface area contributed by atoms with Gasteiger partial charge < -0.3 is 10.2 Å². The Labute approximate surface area is 135 Å². The van der Waals surface area contributed by atoms with Gasteiger partial charge in [-0.15, -0.1) is 0 Å². The molecule has 2 aliphatic heterocycles. The number of hydrogen-bond donors (Lipinski definition) is 1. The standard InChI is InChI=1S/C15H19N3O4S/c1-23(21,22)18-8-6-17(7-9-18)15(20)12-10-14(19)16-13-5-3-2-4-11(12)13/h2-5,12H,6-10H2,1H3,(H,16,19)/t12-/m0/s1. The lowest BCUT2D eigenvalue weighted by Crippen LogP contribution is -2.51. The number of hydrogen-bond acceptors (Lipinski definition) is 4. The third-order valence-corrected chi connectivity index (χ3v) is 5.62. The van der Waals surface area contributed by atoms with E-state index in [1.165, 1.54) is 10.6 Å². The highest BCUT2D eigenvalue weighted by Gasteiger charge is 2.35. The average molecular weight is 337 g/mol. The van der Waals surface area contributed by atoms with Gasteiger partial charge in [-0.3, -0.25) is 9.59 Å². The van der Waals surface area contributed by atoms with Gasteiger partial charge in [-0.25, -0.2) is 8.42 Å². The molecule has 0 aromatic heterocycles. The van der Waals surface area contributed by atoms with Gasteiger partial charge in [0.1, 0.15) is 0 Å². The number of nitrogens with zero attached hydrogens (tertiary/aromatic N) is 2. The second-order valence-electron chi connectivity index (χ2n) is 5.88. The lowest BCUT2D eigenvalue weighted by molar-refractivity contribution is -0.136. The number of amides is 2. The fourth-order valence-electron chi connectivity index (χ4n) is 3.09. The van der Waals surface area contributed by atoms with Crippen LogP contribution in [0.15, 0.2) is 24.3 Å². The SMILES string of the molecule is CS(=O)(=O)N1CCN(C(=O)[C@H]2CC(=O)Nc3ccccc32)CC1. The lowest BCUT2D eigenvalue weighted by atomic mass is 9.89. The van der Waals surface area contributed by atoms with Crippen molar-refractivity contribution in [2.24, 2.45) is 0 Å². The number of benzene rings is 1. The average Bonchev–Trinajstić information content (AvgIpc) is 2.52. The fourth-order valence-corrected chi connectivity index (χ4v) is 3.92. The van der Waals surface area contributed by atoms with Crippen LogP contribution >= 0.6 is 0 Å². The van der Waals surface area contributed by atoms with Crippen LogP contribution in [-0.2, 0) is 19.6 Å². The maximum Gasteiger partial charge on any atom is 0.230 e. The Balaban J connectivity index is 1.76. The zero-order valence-electron chi connectivity index (χ0n) is 12.9. The van der Waals surface area contributed by atoms with E-state index >= 15 is 0 Å². The van der Waals surface area contributed by atoms with E-state index in [1.54, 1.807) is 11.0 Å². The van der Waals surface area contributed by atoms with Gasteiger partial charge in [0, 0.05) is 38.3 Å². The molecule has 23 heavy (non-hydrogen) atoms. The molecule has 0 bridgehead atoms. The molecule has 0 spiro atoms. The summed E-state index contributed by atoms with van der Waals surface area (Å²) >= 11 is 0. The Hall–Kier alpha value is -1.93. The van der Waals surface area contributed by atoms with Crippen molar-refractivity contribution in [1.29, 1.82) is 0 Å². The van der Waals surface area contributed by atoms with E-state index in [9.17, 15) is 18.0 Å². The highest BCUT2D eigenvalue weighted by molar-refractivity contribution is 7.88. The number of fused-ring (bicyclic) bond motifs is 1. The second-order valence-corrected chi connectivity index (χ2v) is 7.86. The highest BCUT2D eigenvalue weighted by Crippen LogP contribution is 2.33. The largest absolute Gasteiger partial charge is 0.340 e. The van der Waals surface area contributed by atoms with Gasteiger partial charge in [0.2, 0.25) is 21.8 Å². The molecule has 124 valence electrons. The molecule has 1 aromatic rings. The molecule has 1 saturated heterocycles. The second kappa shape index (κ2) is 5.93. The maximum absolute atomic E-state index is 12.8. The van der Waals surface area contributed by atoms with Crippen LogP contribution in [0.3, 0.4) is 0 Å². The van der Waals surface area contributed by atoms with Gasteiger partial charge in [0.25, 0.3) is 0 Å². The van der Waals surface area contributed by atoms with E-state index in [0.717, 1.165) is 5.56 Å². The normalized spacial score (nSPS) is 22.4. The van der Waals surface area contributed by atoms with Gasteiger partial charge in [0.15, 0.2) is 0 Å². The van der Waals surface area contributed by atoms with E-state index < -0.39 is 15.9 Å². The summed E-state index contributed by atoms with van der Waals surface area (Å²) in [4.78, 5) is 26.3. The predicted octanol–water partition coefficient (Wildman–Crippen LogP) is 0.216. The summed E-state index contributed by atoms with van der Waals surface area (Å²) in [5.41, 5.74) is 1.50. The molecule has 7 nitrogen and oxygen atoms in total. The Bertz CT molecular complexity index is 739. The fraction of sp³-hybridized carbons (Fsp3) is 0.467. The van der Waals surface area contributed by atoms with Gasteiger partial charge in [-0.2, -0.15) is 4.31 Å². The van der Waals surface area contributed by atoms with Gasteiger partial charge in [-0.1, -0.05) is 18.2 Å². The molecule has 1 aromatic carbocycles. The van der Waals surface area contributed by atoms with Crippen molar-refractivity contribution in [2.45, 2.75) is 12.3 Å². The third-order valence-electron chi connectivity index (χ3n) is 4.32. The lowest BCUT2D eigenvalue weighted by Gasteiger charge is -2.36. The molecule has 8 heteroatoms. The van der Waals surface area contributed by atoms with Crippen LogP contribution < -0.4 is 5.32 Å². The molecule has 0 saturated carbocycles. The van der Waals surface area contributed by atoms with Crippen LogP contribution in [0.2, 0.25) is 0 Å². The van der Waals surface area contributed by atoms with Crippen molar-refractivity contribution < 1.29 is 18.0 Å². The van der Waals surface area contributed by atoms with Crippen LogP contribution in [0.1, 0.15) is 17.9 Å². The van der Waals surface area contributed by atoms with Crippen molar-refractivity contribution >= 4 is 27.5 Å². The van der Waals surface area contributed by atoms with E-state index in [0.29, 0.717) is 31.9 Å². The molecule has 1 N–H and O–H groups in total. The summed E-state index contributed by atoms with van der Waals surface area (Å²) in [6, 6.07) is 7.30. The smallest absolute Gasteiger partial charge is 0.230 e. The first kappa shape index (κ1) is 15.9. The summed E-state index contributed by atoms with van der Waals surface area (Å²) in [6.45, 7) is 1.30. The van der Waals surface area contributed by atoms with Gasteiger partial charge in [-0.05, 0) is 11.6 Å². The summed E-state index contributed by atoms with van der Waals surface area (Å²) in [7, 11) is -3.23. The summed E-state index contributed by atoms with van der Waals surface area (Å²) in [5, 5.41) is 2.78. The minimum Gasteiger partial charge on any atom is -0.340 e. The minimum absolute atomic E-state index is 0.111. The monoisotopic (exact) mass is 337 g/mol. The molecule has 3 rings (SSSR count). The first-order valence-corrected chi connectivity index (χ1v) is 9.34.